The van der Waals surface area contributed by atoms with Gasteiger partial charge in [0, 0.05) is 23.7 Å². The van der Waals surface area contributed by atoms with Gasteiger partial charge in [-0.1, -0.05) is 0 Å². The lowest BCUT2D eigenvalue weighted by molar-refractivity contribution is -0.385. The van der Waals surface area contributed by atoms with Crippen molar-refractivity contribution in [2.24, 2.45) is 0 Å². The Morgan fingerprint density at radius 1 is 1.19 bits per heavy atom. The first-order valence-electron chi connectivity index (χ1n) is 10.0. The van der Waals surface area contributed by atoms with E-state index >= 15 is 0 Å². The van der Waals surface area contributed by atoms with E-state index < -0.39 is 11.0 Å². The molecule has 1 saturated heterocycles. The largest absolute Gasteiger partial charge is 0.497 e. The molecule has 0 aliphatic carbocycles. The smallest absolute Gasteiger partial charge is 0.272 e. The lowest BCUT2D eigenvalue weighted by Gasteiger charge is -2.24. The van der Waals surface area contributed by atoms with Crippen molar-refractivity contribution in [3.8, 4) is 11.5 Å². The number of hydrogen-bond donors (Lipinski definition) is 1. The monoisotopic (exact) mass is 427 g/mol. The average molecular weight is 427 g/mol. The number of likely N-dealkylation sites (tertiary alicyclic amines) is 1. The van der Waals surface area contributed by atoms with Crippen molar-refractivity contribution in [3.63, 3.8) is 0 Å². The molecule has 0 radical (unpaired) electrons. The molecule has 1 N–H and O–H groups in total. The van der Waals surface area contributed by atoms with Crippen molar-refractivity contribution in [1.29, 1.82) is 0 Å². The van der Waals surface area contributed by atoms with Gasteiger partial charge in [-0.2, -0.15) is 0 Å². The van der Waals surface area contributed by atoms with E-state index in [-0.39, 0.29) is 17.5 Å². The number of carbonyl (C=O) groups excluding carboxylic acids is 2. The van der Waals surface area contributed by atoms with Gasteiger partial charge in [-0.3, -0.25) is 19.7 Å². The standard InChI is InChI=1S/C22H25N3O6/c1-15-14-16(5-10-19(15)25(28)29)22(27)24-12-3-4-20(24)21(26)23-11-13-31-18-8-6-17(30-2)7-9-18/h5-10,14,20H,3-4,11-13H2,1-2H3,(H,23,26). The number of amides is 2. The number of nitro benzene ring substituents is 1. The summed E-state index contributed by atoms with van der Waals surface area (Å²) in [5.74, 6) is 0.865. The van der Waals surface area contributed by atoms with Crippen LogP contribution in [0.15, 0.2) is 42.5 Å². The highest BCUT2D eigenvalue weighted by Crippen LogP contribution is 2.24. The molecule has 2 aromatic carbocycles. The van der Waals surface area contributed by atoms with Gasteiger partial charge in [0.05, 0.1) is 18.6 Å². The minimum Gasteiger partial charge on any atom is -0.497 e. The van der Waals surface area contributed by atoms with Crippen molar-refractivity contribution in [2.75, 3.05) is 26.8 Å². The molecule has 0 bridgehead atoms. The van der Waals surface area contributed by atoms with Crippen LogP contribution in [0.4, 0.5) is 5.69 Å². The first-order chi connectivity index (χ1) is 14.9. The molecule has 31 heavy (non-hydrogen) atoms. The zero-order valence-electron chi connectivity index (χ0n) is 17.5. The number of benzene rings is 2. The molecule has 0 aromatic heterocycles. The fourth-order valence-corrected chi connectivity index (χ4v) is 3.57. The van der Waals surface area contributed by atoms with Crippen molar-refractivity contribution in [2.45, 2.75) is 25.8 Å². The second-order valence-corrected chi connectivity index (χ2v) is 7.23. The third-order valence-corrected chi connectivity index (χ3v) is 5.19. The third-order valence-electron chi connectivity index (χ3n) is 5.19. The van der Waals surface area contributed by atoms with Crippen LogP contribution in [-0.4, -0.2) is 54.5 Å². The summed E-state index contributed by atoms with van der Waals surface area (Å²) in [6.07, 6.45) is 1.29. The van der Waals surface area contributed by atoms with E-state index in [9.17, 15) is 19.7 Å². The van der Waals surface area contributed by atoms with Crippen molar-refractivity contribution in [3.05, 3.63) is 63.7 Å². The lowest BCUT2D eigenvalue weighted by atomic mass is 10.1. The van der Waals surface area contributed by atoms with Crippen LogP contribution in [0.25, 0.3) is 0 Å². The highest BCUT2D eigenvalue weighted by Gasteiger charge is 2.34. The lowest BCUT2D eigenvalue weighted by Crippen LogP contribution is -2.46. The quantitative estimate of drug-likeness (QED) is 0.394. The number of methoxy groups -OCH3 is 1. The first kappa shape index (κ1) is 22.1. The number of nitrogens with one attached hydrogen (secondary N) is 1. The number of aryl methyl sites for hydroxylation is 1. The minimum atomic E-state index is -0.566. The molecule has 1 aliphatic heterocycles. The molecular formula is C22H25N3O6. The van der Waals surface area contributed by atoms with Gasteiger partial charge in [-0.25, -0.2) is 0 Å². The Kier molecular flexibility index (Phi) is 7.07. The van der Waals surface area contributed by atoms with Crippen molar-refractivity contribution in [1.82, 2.24) is 10.2 Å². The van der Waals surface area contributed by atoms with Gasteiger partial charge in [-0.05, 0) is 56.2 Å². The minimum absolute atomic E-state index is 0.0378. The Morgan fingerprint density at radius 2 is 1.90 bits per heavy atom. The van der Waals surface area contributed by atoms with Crippen LogP contribution in [-0.2, 0) is 4.79 Å². The first-order valence-corrected chi connectivity index (χ1v) is 10.0. The van der Waals surface area contributed by atoms with Gasteiger partial charge in [0.2, 0.25) is 5.91 Å². The van der Waals surface area contributed by atoms with E-state index in [1.165, 1.54) is 23.1 Å². The molecule has 3 rings (SSSR count). The number of nitro groups is 1. The average Bonchev–Trinajstić information content (AvgIpc) is 3.26. The Labute approximate surface area is 180 Å². The normalized spacial score (nSPS) is 15.4. The molecule has 2 aromatic rings. The van der Waals surface area contributed by atoms with Crippen LogP contribution in [0.1, 0.15) is 28.8 Å². The summed E-state index contributed by atoms with van der Waals surface area (Å²) in [7, 11) is 1.59. The van der Waals surface area contributed by atoms with Crippen LogP contribution >= 0.6 is 0 Å². The molecule has 9 heteroatoms. The molecule has 9 nitrogen and oxygen atoms in total. The Hall–Kier alpha value is -3.62. The molecule has 164 valence electrons. The maximum Gasteiger partial charge on any atom is 0.272 e. The van der Waals surface area contributed by atoms with Gasteiger partial charge in [-0.15, -0.1) is 0 Å². The molecule has 1 aliphatic rings. The summed E-state index contributed by atoms with van der Waals surface area (Å²) >= 11 is 0. The number of nitrogens with zero attached hydrogens (tertiary/aromatic N) is 2. The van der Waals surface area contributed by atoms with Crippen LogP contribution < -0.4 is 14.8 Å². The Balaban J connectivity index is 1.54. The Bertz CT molecular complexity index is 960. The van der Waals surface area contributed by atoms with Crippen molar-refractivity contribution >= 4 is 17.5 Å². The fourth-order valence-electron chi connectivity index (χ4n) is 3.57. The second-order valence-electron chi connectivity index (χ2n) is 7.23. The predicted molar refractivity (Wildman–Crippen MR) is 113 cm³/mol. The molecule has 1 unspecified atom stereocenters. The van der Waals surface area contributed by atoms with E-state index in [4.69, 9.17) is 9.47 Å². The van der Waals surface area contributed by atoms with Gasteiger partial charge in [0.25, 0.3) is 11.6 Å². The topological polar surface area (TPSA) is 111 Å². The third kappa shape index (κ3) is 5.30. The van der Waals surface area contributed by atoms with Gasteiger partial charge >= 0.3 is 0 Å². The van der Waals surface area contributed by atoms with Crippen LogP contribution in [0.3, 0.4) is 0 Å². The molecular weight excluding hydrogens is 402 g/mol. The second kappa shape index (κ2) is 9.92. The van der Waals surface area contributed by atoms with E-state index in [1.54, 1.807) is 38.3 Å². The van der Waals surface area contributed by atoms with Crippen LogP contribution in [0.5, 0.6) is 11.5 Å². The number of carbonyl (C=O) groups is 2. The maximum atomic E-state index is 12.9. The summed E-state index contributed by atoms with van der Waals surface area (Å²) < 4.78 is 10.7. The molecule has 0 spiro atoms. The number of ether oxygens (including phenoxy) is 2. The van der Waals surface area contributed by atoms with Gasteiger partial charge in [0.15, 0.2) is 0 Å². The summed E-state index contributed by atoms with van der Waals surface area (Å²) in [5, 5.41) is 13.8. The maximum absolute atomic E-state index is 12.9. The van der Waals surface area contributed by atoms with Crippen molar-refractivity contribution < 1.29 is 24.0 Å². The molecule has 1 fully saturated rings. The van der Waals surface area contributed by atoms with Gasteiger partial charge in [0.1, 0.15) is 24.1 Å². The molecule has 1 heterocycles. The van der Waals surface area contributed by atoms with E-state index in [0.29, 0.717) is 43.0 Å². The van der Waals surface area contributed by atoms with Crippen LogP contribution in [0, 0.1) is 17.0 Å². The highest BCUT2D eigenvalue weighted by atomic mass is 16.6. The molecule has 0 saturated carbocycles. The van der Waals surface area contributed by atoms with E-state index in [2.05, 4.69) is 5.32 Å². The highest BCUT2D eigenvalue weighted by molar-refractivity contribution is 5.98. The van der Waals surface area contributed by atoms with Crippen LogP contribution in [0.2, 0.25) is 0 Å². The zero-order chi connectivity index (χ0) is 22.4. The summed E-state index contributed by atoms with van der Waals surface area (Å²) in [4.78, 5) is 37.6. The van der Waals surface area contributed by atoms with Gasteiger partial charge < -0.3 is 19.7 Å². The zero-order valence-corrected chi connectivity index (χ0v) is 17.5. The summed E-state index contributed by atoms with van der Waals surface area (Å²) in [6, 6.07) is 10.8. The SMILES string of the molecule is COc1ccc(OCCNC(=O)C2CCCN2C(=O)c2ccc([N+](=O)[O-])c(C)c2)cc1. The Morgan fingerprint density at radius 3 is 2.55 bits per heavy atom. The van der Waals surface area contributed by atoms with E-state index in [0.717, 1.165) is 12.2 Å². The number of rotatable bonds is 8. The number of hydrogen-bond acceptors (Lipinski definition) is 6. The summed E-state index contributed by atoms with van der Waals surface area (Å²) in [6.45, 7) is 2.65. The predicted octanol–water partition coefficient (Wildman–Crippen LogP) is 2.71. The molecule has 1 atom stereocenters. The fraction of sp³-hybridized carbons (Fsp3) is 0.364. The summed E-state index contributed by atoms with van der Waals surface area (Å²) in [5.41, 5.74) is 0.710. The van der Waals surface area contributed by atoms with E-state index in [1.807, 2.05) is 0 Å². The molecule has 2 amide bonds.